The van der Waals surface area contributed by atoms with Crippen LogP contribution in [0.3, 0.4) is 0 Å². The van der Waals surface area contributed by atoms with E-state index in [2.05, 4.69) is 39.0 Å². The molecule has 0 radical (unpaired) electrons. The summed E-state index contributed by atoms with van der Waals surface area (Å²) < 4.78 is 0. The third kappa shape index (κ3) is 4.47. The van der Waals surface area contributed by atoms with Gasteiger partial charge in [-0.05, 0) is 107 Å². The minimum Gasteiger partial charge on any atom is -0.302 e. The van der Waals surface area contributed by atoms with Crippen molar-refractivity contribution >= 4 is 0 Å². The van der Waals surface area contributed by atoms with Gasteiger partial charge in [0.15, 0.2) is 0 Å². The molecule has 1 aliphatic carbocycles. The highest BCUT2D eigenvalue weighted by Gasteiger charge is 2.35. The molecule has 0 bridgehead atoms. The largest absolute Gasteiger partial charge is 0.302 e. The van der Waals surface area contributed by atoms with E-state index in [9.17, 15) is 0 Å². The van der Waals surface area contributed by atoms with Crippen molar-refractivity contribution in [2.24, 2.45) is 5.92 Å². The number of likely N-dealkylation sites (tertiary alicyclic amines) is 3. The van der Waals surface area contributed by atoms with E-state index in [4.69, 9.17) is 0 Å². The van der Waals surface area contributed by atoms with E-state index in [1.54, 1.807) is 5.56 Å². The molecule has 0 aromatic heterocycles. The van der Waals surface area contributed by atoms with E-state index >= 15 is 0 Å². The van der Waals surface area contributed by atoms with Gasteiger partial charge in [0.2, 0.25) is 0 Å². The summed E-state index contributed by atoms with van der Waals surface area (Å²) in [6.45, 7) is 10.5. The minimum atomic E-state index is 0.825. The number of hydrogen-bond acceptors (Lipinski definition) is 3. The SMILES string of the molecule is c1cc([C@H]2C[C@H](CN3CCC[C@H]3CN3CCCC3)C2)ccc1CN1CCCC1. The first-order valence-electron chi connectivity index (χ1n) is 12.1. The lowest BCUT2D eigenvalue weighted by molar-refractivity contribution is 0.128. The zero-order valence-corrected chi connectivity index (χ0v) is 17.7. The van der Waals surface area contributed by atoms with Gasteiger partial charge in [0, 0.05) is 25.7 Å². The van der Waals surface area contributed by atoms with Gasteiger partial charge in [-0.1, -0.05) is 24.3 Å². The highest BCUT2D eigenvalue weighted by molar-refractivity contribution is 5.27. The molecule has 1 saturated carbocycles. The van der Waals surface area contributed by atoms with Gasteiger partial charge in [-0.25, -0.2) is 0 Å². The molecule has 1 atom stereocenters. The lowest BCUT2D eigenvalue weighted by Gasteiger charge is -2.40. The lowest BCUT2D eigenvalue weighted by Crippen LogP contribution is -2.43. The molecule has 0 spiro atoms. The van der Waals surface area contributed by atoms with Crippen molar-refractivity contribution in [3.63, 3.8) is 0 Å². The summed E-state index contributed by atoms with van der Waals surface area (Å²) in [5, 5.41) is 0. The van der Waals surface area contributed by atoms with Crippen molar-refractivity contribution in [2.45, 2.75) is 69.9 Å². The summed E-state index contributed by atoms with van der Waals surface area (Å²) in [7, 11) is 0. The smallest absolute Gasteiger partial charge is 0.0233 e. The summed E-state index contributed by atoms with van der Waals surface area (Å²) in [4.78, 5) is 8.16. The summed E-state index contributed by atoms with van der Waals surface area (Å²) in [5.74, 6) is 1.76. The van der Waals surface area contributed by atoms with Crippen LogP contribution in [0.15, 0.2) is 24.3 Å². The monoisotopic (exact) mass is 381 g/mol. The van der Waals surface area contributed by atoms with E-state index < -0.39 is 0 Å². The lowest BCUT2D eigenvalue weighted by atomic mass is 9.71. The molecular formula is C25H39N3. The number of hydrogen-bond donors (Lipinski definition) is 0. The van der Waals surface area contributed by atoms with Gasteiger partial charge in [-0.3, -0.25) is 9.80 Å². The molecule has 3 aliphatic heterocycles. The van der Waals surface area contributed by atoms with E-state index in [-0.39, 0.29) is 0 Å². The molecule has 0 N–H and O–H groups in total. The summed E-state index contributed by atoms with van der Waals surface area (Å²) in [6, 6.07) is 10.5. The van der Waals surface area contributed by atoms with Crippen LogP contribution < -0.4 is 0 Å². The third-order valence-corrected chi connectivity index (χ3v) is 7.95. The first kappa shape index (κ1) is 19.1. The number of benzene rings is 1. The Morgan fingerprint density at radius 1 is 0.714 bits per heavy atom. The third-order valence-electron chi connectivity index (χ3n) is 7.95. The van der Waals surface area contributed by atoms with Crippen LogP contribution in [0.25, 0.3) is 0 Å². The molecular weight excluding hydrogens is 342 g/mol. The Bertz CT molecular complexity index is 609. The molecule has 0 amide bonds. The number of rotatable bonds is 7. The summed E-state index contributed by atoms with van der Waals surface area (Å²) >= 11 is 0. The zero-order valence-electron chi connectivity index (χ0n) is 17.7. The molecule has 28 heavy (non-hydrogen) atoms. The Labute approximate surface area is 172 Å². The molecule has 0 unspecified atom stereocenters. The van der Waals surface area contributed by atoms with Gasteiger partial charge < -0.3 is 4.90 Å². The van der Waals surface area contributed by atoms with Crippen LogP contribution in [0.5, 0.6) is 0 Å². The van der Waals surface area contributed by atoms with Gasteiger partial charge in [-0.2, -0.15) is 0 Å². The Hall–Kier alpha value is -0.900. The van der Waals surface area contributed by atoms with Gasteiger partial charge in [-0.15, -0.1) is 0 Å². The molecule has 5 rings (SSSR count). The molecule has 3 nitrogen and oxygen atoms in total. The van der Waals surface area contributed by atoms with Crippen molar-refractivity contribution in [1.29, 1.82) is 0 Å². The van der Waals surface area contributed by atoms with E-state index in [0.717, 1.165) is 24.4 Å². The quantitative estimate of drug-likeness (QED) is 0.696. The summed E-state index contributed by atoms with van der Waals surface area (Å²) in [5.41, 5.74) is 3.10. The fourth-order valence-corrected chi connectivity index (χ4v) is 6.19. The van der Waals surface area contributed by atoms with Crippen LogP contribution >= 0.6 is 0 Å². The van der Waals surface area contributed by atoms with Gasteiger partial charge in [0.05, 0.1) is 0 Å². The zero-order chi connectivity index (χ0) is 18.8. The van der Waals surface area contributed by atoms with Crippen molar-refractivity contribution in [3.05, 3.63) is 35.4 Å². The molecule has 4 fully saturated rings. The highest BCUT2D eigenvalue weighted by Crippen LogP contribution is 2.42. The van der Waals surface area contributed by atoms with Crippen LogP contribution in [0.1, 0.15) is 68.4 Å². The van der Waals surface area contributed by atoms with Crippen LogP contribution in [0, 0.1) is 5.92 Å². The molecule has 3 heteroatoms. The van der Waals surface area contributed by atoms with Crippen LogP contribution in [-0.4, -0.2) is 66.6 Å². The minimum absolute atomic E-state index is 0.825. The van der Waals surface area contributed by atoms with Crippen LogP contribution in [0.2, 0.25) is 0 Å². The highest BCUT2D eigenvalue weighted by atomic mass is 15.2. The van der Waals surface area contributed by atoms with Gasteiger partial charge in [0.1, 0.15) is 0 Å². The molecule has 3 heterocycles. The Morgan fingerprint density at radius 2 is 1.39 bits per heavy atom. The molecule has 3 saturated heterocycles. The molecule has 1 aromatic rings. The van der Waals surface area contributed by atoms with Crippen molar-refractivity contribution < 1.29 is 0 Å². The first-order valence-corrected chi connectivity index (χ1v) is 12.1. The maximum absolute atomic E-state index is 2.85. The number of nitrogens with zero attached hydrogens (tertiary/aromatic N) is 3. The molecule has 154 valence electrons. The summed E-state index contributed by atoms with van der Waals surface area (Å²) in [6.07, 6.45) is 11.3. The topological polar surface area (TPSA) is 9.72 Å². The van der Waals surface area contributed by atoms with E-state index in [1.165, 1.54) is 103 Å². The predicted molar refractivity (Wildman–Crippen MR) is 117 cm³/mol. The average molecular weight is 382 g/mol. The Morgan fingerprint density at radius 3 is 2.11 bits per heavy atom. The standard InChI is InChI=1S/C25H39N3/c1-2-12-26(11-1)18-21-7-9-23(10-8-21)24-16-22(17-24)19-28-15-5-6-25(28)20-27-13-3-4-14-27/h7-10,22,24-25H,1-6,11-20H2/t22-,24-,25-/m0/s1. The van der Waals surface area contributed by atoms with Gasteiger partial charge in [0.25, 0.3) is 0 Å². The Kier molecular flexibility index (Phi) is 6.03. The second-order valence-corrected chi connectivity index (χ2v) is 10.1. The molecule has 4 aliphatic rings. The molecule has 1 aromatic carbocycles. The average Bonchev–Trinajstić information content (AvgIpc) is 3.43. The van der Waals surface area contributed by atoms with E-state index in [1.807, 2.05) is 0 Å². The maximum Gasteiger partial charge on any atom is 0.0233 e. The second-order valence-electron chi connectivity index (χ2n) is 10.1. The fourth-order valence-electron chi connectivity index (χ4n) is 6.19. The normalized spacial score (nSPS) is 32.2. The van der Waals surface area contributed by atoms with Crippen LogP contribution in [-0.2, 0) is 6.54 Å². The van der Waals surface area contributed by atoms with E-state index in [0.29, 0.717) is 0 Å². The maximum atomic E-state index is 2.85. The van der Waals surface area contributed by atoms with Crippen LogP contribution in [0.4, 0.5) is 0 Å². The van der Waals surface area contributed by atoms with Crippen molar-refractivity contribution in [1.82, 2.24) is 14.7 Å². The van der Waals surface area contributed by atoms with Crippen molar-refractivity contribution in [2.75, 3.05) is 45.8 Å². The predicted octanol–water partition coefficient (Wildman–Crippen LogP) is 4.34. The Balaban J connectivity index is 1.07. The van der Waals surface area contributed by atoms with Crippen molar-refractivity contribution in [3.8, 4) is 0 Å². The van der Waals surface area contributed by atoms with Gasteiger partial charge >= 0.3 is 0 Å². The fraction of sp³-hybridized carbons (Fsp3) is 0.760. The second kappa shape index (κ2) is 8.85. The first-order chi connectivity index (χ1) is 13.8.